The van der Waals surface area contributed by atoms with Gasteiger partial charge >= 0.3 is 0 Å². The molecule has 0 radical (unpaired) electrons. The van der Waals surface area contributed by atoms with E-state index in [-0.39, 0.29) is 5.75 Å². The van der Waals surface area contributed by atoms with Crippen molar-refractivity contribution in [2.45, 2.75) is 45.6 Å². The summed E-state index contributed by atoms with van der Waals surface area (Å²) >= 11 is 0. The zero-order chi connectivity index (χ0) is 22.2. The Morgan fingerprint density at radius 3 is 2.53 bits per heavy atom. The number of rotatable bonds is 10. The Labute approximate surface area is 187 Å². The summed E-state index contributed by atoms with van der Waals surface area (Å²) in [4.78, 5) is 16.6. The molecule has 4 N–H and O–H groups in total. The van der Waals surface area contributed by atoms with Gasteiger partial charge in [0.2, 0.25) is 17.8 Å². The lowest BCUT2D eigenvalue weighted by atomic mass is 9.89. The largest absolute Gasteiger partial charge is 0.491 e. The predicted molar refractivity (Wildman–Crippen MR) is 124 cm³/mol. The third-order valence-corrected chi connectivity index (χ3v) is 5.50. The minimum absolute atomic E-state index is 0.219. The predicted octanol–water partition coefficient (Wildman–Crippen LogP) is 5.09. The highest BCUT2D eigenvalue weighted by atomic mass is 19.1. The molecule has 1 saturated carbocycles. The number of hydrogen-bond donors (Lipinski definition) is 4. The van der Waals surface area contributed by atoms with E-state index < -0.39 is 5.82 Å². The third-order valence-electron chi connectivity index (χ3n) is 5.50. The Kier molecular flexibility index (Phi) is 7.37. The zero-order valence-electron chi connectivity index (χ0n) is 18.3. The van der Waals surface area contributed by atoms with E-state index in [2.05, 4.69) is 35.9 Å². The lowest BCUT2D eigenvalue weighted by molar-refractivity contribution is 0.321. The van der Waals surface area contributed by atoms with Gasteiger partial charge in [0.05, 0.1) is 13.2 Å². The fraction of sp³-hybridized carbons (Fsp3) is 0.435. The minimum Gasteiger partial charge on any atom is -0.491 e. The lowest BCUT2D eigenvalue weighted by Crippen LogP contribution is -2.19. The molecule has 32 heavy (non-hydrogen) atoms. The Morgan fingerprint density at radius 1 is 1.03 bits per heavy atom. The van der Waals surface area contributed by atoms with Crippen molar-refractivity contribution >= 4 is 23.5 Å². The lowest BCUT2D eigenvalue weighted by Gasteiger charge is -2.21. The fourth-order valence-corrected chi connectivity index (χ4v) is 3.85. The summed E-state index contributed by atoms with van der Waals surface area (Å²) in [6.45, 7) is 3.61. The number of nitrogens with one attached hydrogen (secondary N) is 4. The topological polar surface area (TPSA) is 99.8 Å². The van der Waals surface area contributed by atoms with Crippen molar-refractivity contribution in [2.75, 3.05) is 29.1 Å². The molecule has 3 aromatic rings. The number of nitrogens with zero attached hydrogens (tertiary/aromatic N) is 3. The summed E-state index contributed by atoms with van der Waals surface area (Å²) < 4.78 is 19.5. The van der Waals surface area contributed by atoms with E-state index in [9.17, 15) is 4.39 Å². The number of halogens is 1. The van der Waals surface area contributed by atoms with Gasteiger partial charge in [0.15, 0.2) is 11.6 Å². The minimum atomic E-state index is -0.438. The maximum absolute atomic E-state index is 14.3. The molecule has 0 unspecified atom stereocenters. The number of ether oxygens (including phenoxy) is 1. The highest BCUT2D eigenvalue weighted by Crippen LogP contribution is 2.25. The van der Waals surface area contributed by atoms with E-state index in [4.69, 9.17) is 4.74 Å². The van der Waals surface area contributed by atoms with Gasteiger partial charge in [0, 0.05) is 30.2 Å². The molecule has 9 heteroatoms. The Hall–Kier alpha value is -3.36. The molecule has 0 bridgehead atoms. The van der Waals surface area contributed by atoms with Crippen LogP contribution in [0.5, 0.6) is 5.75 Å². The average molecular weight is 440 g/mol. The zero-order valence-corrected chi connectivity index (χ0v) is 18.3. The summed E-state index contributed by atoms with van der Waals surface area (Å²) in [6, 6.07) is 8.62. The highest BCUT2D eigenvalue weighted by molar-refractivity contribution is 5.57. The van der Waals surface area contributed by atoms with Gasteiger partial charge in [-0.3, -0.25) is 0 Å². The van der Waals surface area contributed by atoms with Crippen LogP contribution >= 0.6 is 0 Å². The number of hydrogen-bond acceptors (Lipinski definition) is 7. The van der Waals surface area contributed by atoms with Crippen LogP contribution in [0.1, 0.15) is 44.7 Å². The van der Waals surface area contributed by atoms with Crippen molar-refractivity contribution in [3.63, 3.8) is 0 Å². The Bertz CT molecular complexity index is 990. The highest BCUT2D eigenvalue weighted by Gasteiger charge is 2.15. The van der Waals surface area contributed by atoms with Crippen LogP contribution in [-0.2, 0) is 6.54 Å². The van der Waals surface area contributed by atoms with Crippen LogP contribution in [0.4, 0.5) is 27.9 Å². The standard InChI is InChI=1S/C23H30FN7O/c1-2-32-20-11-10-17(13-19(20)24)28-23-30-21(26-14-16-7-4-3-5-8-16)29-22(31-23)27-15-18-9-6-12-25-18/h6,9-13,16,25H,2-5,7-8,14-15H2,1H3,(H3,26,27,28,29,30,31). The molecule has 1 aliphatic rings. The van der Waals surface area contributed by atoms with E-state index in [0.29, 0.717) is 42.6 Å². The number of H-pyrrole nitrogens is 1. The van der Waals surface area contributed by atoms with Crippen LogP contribution in [0.25, 0.3) is 0 Å². The summed E-state index contributed by atoms with van der Waals surface area (Å²) in [5.41, 5.74) is 1.55. The van der Waals surface area contributed by atoms with Gasteiger partial charge in [0.25, 0.3) is 0 Å². The molecule has 1 fully saturated rings. The average Bonchev–Trinajstić information content (AvgIpc) is 3.33. The molecule has 8 nitrogen and oxygen atoms in total. The first kappa shape index (κ1) is 21.9. The van der Waals surface area contributed by atoms with Gasteiger partial charge < -0.3 is 25.7 Å². The van der Waals surface area contributed by atoms with Crippen molar-refractivity contribution in [3.8, 4) is 5.75 Å². The van der Waals surface area contributed by atoms with Crippen molar-refractivity contribution in [1.82, 2.24) is 19.9 Å². The number of anilines is 4. The maximum atomic E-state index is 14.3. The molecule has 4 rings (SSSR count). The van der Waals surface area contributed by atoms with Gasteiger partial charge in [-0.25, -0.2) is 4.39 Å². The first-order valence-corrected chi connectivity index (χ1v) is 11.2. The summed E-state index contributed by atoms with van der Waals surface area (Å²) in [6.07, 6.45) is 8.21. The van der Waals surface area contributed by atoms with Crippen LogP contribution in [0.2, 0.25) is 0 Å². The van der Waals surface area contributed by atoms with E-state index in [0.717, 1.165) is 12.2 Å². The quantitative estimate of drug-likeness (QED) is 0.349. The molecule has 0 atom stereocenters. The van der Waals surface area contributed by atoms with Crippen LogP contribution in [-0.4, -0.2) is 33.1 Å². The first-order chi connectivity index (χ1) is 15.7. The van der Waals surface area contributed by atoms with Crippen molar-refractivity contribution < 1.29 is 9.13 Å². The first-order valence-electron chi connectivity index (χ1n) is 11.2. The van der Waals surface area contributed by atoms with E-state index in [1.165, 1.54) is 38.2 Å². The van der Waals surface area contributed by atoms with Gasteiger partial charge in [0.1, 0.15) is 0 Å². The molecule has 1 aromatic carbocycles. The second kappa shape index (κ2) is 10.8. The normalized spacial score (nSPS) is 14.2. The van der Waals surface area contributed by atoms with Gasteiger partial charge in [-0.05, 0) is 49.9 Å². The van der Waals surface area contributed by atoms with E-state index in [1.807, 2.05) is 25.3 Å². The molecular formula is C23H30FN7O. The van der Waals surface area contributed by atoms with E-state index >= 15 is 0 Å². The molecule has 170 valence electrons. The van der Waals surface area contributed by atoms with Crippen molar-refractivity contribution in [3.05, 3.63) is 48.0 Å². The molecular weight excluding hydrogens is 409 g/mol. The molecule has 2 heterocycles. The fourth-order valence-electron chi connectivity index (χ4n) is 3.85. The number of benzene rings is 1. The molecule has 2 aromatic heterocycles. The number of aromatic amines is 1. The smallest absolute Gasteiger partial charge is 0.233 e. The third kappa shape index (κ3) is 6.09. The summed E-state index contributed by atoms with van der Waals surface area (Å²) in [7, 11) is 0. The second-order valence-corrected chi connectivity index (χ2v) is 7.94. The molecule has 1 aliphatic carbocycles. The summed E-state index contributed by atoms with van der Waals surface area (Å²) in [5.74, 6) is 1.68. The van der Waals surface area contributed by atoms with Gasteiger partial charge in [-0.15, -0.1) is 0 Å². The second-order valence-electron chi connectivity index (χ2n) is 7.94. The van der Waals surface area contributed by atoms with Crippen LogP contribution in [0.15, 0.2) is 36.5 Å². The van der Waals surface area contributed by atoms with Crippen LogP contribution in [0, 0.1) is 11.7 Å². The van der Waals surface area contributed by atoms with Gasteiger partial charge in [-0.1, -0.05) is 19.3 Å². The number of aromatic nitrogens is 4. The Balaban J connectivity index is 1.49. The molecule has 0 saturated heterocycles. The monoisotopic (exact) mass is 439 g/mol. The van der Waals surface area contributed by atoms with Crippen molar-refractivity contribution in [2.24, 2.45) is 5.92 Å². The molecule has 0 amide bonds. The van der Waals surface area contributed by atoms with Crippen molar-refractivity contribution in [1.29, 1.82) is 0 Å². The maximum Gasteiger partial charge on any atom is 0.233 e. The van der Waals surface area contributed by atoms with E-state index in [1.54, 1.807) is 12.1 Å². The van der Waals surface area contributed by atoms with Crippen LogP contribution < -0.4 is 20.7 Å². The summed E-state index contributed by atoms with van der Waals surface area (Å²) in [5, 5.41) is 9.67. The molecule has 0 aliphatic heterocycles. The van der Waals surface area contributed by atoms with Crippen LogP contribution in [0.3, 0.4) is 0 Å². The van der Waals surface area contributed by atoms with Gasteiger partial charge in [-0.2, -0.15) is 15.0 Å². The Morgan fingerprint density at radius 2 is 1.81 bits per heavy atom. The SMILES string of the molecule is CCOc1ccc(Nc2nc(NCc3ccc[nH]3)nc(NCC3CCCCC3)n2)cc1F. The molecule has 0 spiro atoms.